The maximum absolute atomic E-state index is 10.1. The van der Waals surface area contributed by atoms with Crippen LogP contribution in [0, 0.1) is 10.8 Å². The Kier molecular flexibility index (Phi) is 4.38. The topological polar surface area (TPSA) is 23.5 Å². The van der Waals surface area contributed by atoms with Gasteiger partial charge in [-0.2, -0.15) is 0 Å². The third kappa shape index (κ3) is 3.48. The molecule has 1 saturated carbocycles. The second-order valence-corrected chi connectivity index (χ2v) is 7.72. The number of piperidine rings is 1. The Labute approximate surface area is 113 Å². The number of aliphatic hydroxyl groups is 1. The normalized spacial score (nSPS) is 26.7. The van der Waals surface area contributed by atoms with Crippen LogP contribution < -0.4 is 0 Å². The summed E-state index contributed by atoms with van der Waals surface area (Å²) < 4.78 is 0. The number of hydrogen-bond acceptors (Lipinski definition) is 2. The highest BCUT2D eigenvalue weighted by Crippen LogP contribution is 2.46. The maximum Gasteiger partial charge on any atom is 0.0600 e. The third-order valence-corrected chi connectivity index (χ3v) is 5.30. The molecule has 1 saturated heterocycles. The summed E-state index contributed by atoms with van der Waals surface area (Å²) in [6.45, 7) is 9.98. The van der Waals surface area contributed by atoms with Gasteiger partial charge in [0.05, 0.1) is 6.10 Å². The van der Waals surface area contributed by atoms with E-state index in [1.165, 1.54) is 51.6 Å². The average molecular weight is 253 g/mol. The zero-order valence-electron chi connectivity index (χ0n) is 12.5. The van der Waals surface area contributed by atoms with Crippen molar-refractivity contribution < 1.29 is 5.11 Å². The molecule has 2 aliphatic rings. The van der Waals surface area contributed by atoms with Crippen LogP contribution in [-0.2, 0) is 0 Å². The second kappa shape index (κ2) is 5.50. The number of hydrogen-bond donors (Lipinski definition) is 1. The summed E-state index contributed by atoms with van der Waals surface area (Å²) in [5.74, 6) is 0. The molecule has 0 aromatic heterocycles. The summed E-state index contributed by atoms with van der Waals surface area (Å²) in [4.78, 5) is 2.57. The molecule has 1 heterocycles. The van der Waals surface area contributed by atoms with Crippen LogP contribution >= 0.6 is 0 Å². The fraction of sp³-hybridized carbons (Fsp3) is 1.00. The molecule has 0 bridgehead atoms. The van der Waals surface area contributed by atoms with E-state index in [9.17, 15) is 5.11 Å². The molecule has 0 aromatic carbocycles. The first-order chi connectivity index (χ1) is 8.41. The molecule has 1 spiro atoms. The van der Waals surface area contributed by atoms with Crippen LogP contribution in [0.2, 0.25) is 0 Å². The Hall–Kier alpha value is -0.0800. The van der Waals surface area contributed by atoms with Crippen molar-refractivity contribution in [2.45, 2.75) is 71.8 Å². The van der Waals surface area contributed by atoms with Crippen LogP contribution in [0.4, 0.5) is 0 Å². The van der Waals surface area contributed by atoms with Crippen molar-refractivity contribution in [3.05, 3.63) is 0 Å². The van der Waals surface area contributed by atoms with Crippen LogP contribution in [-0.4, -0.2) is 35.7 Å². The van der Waals surface area contributed by atoms with Gasteiger partial charge in [-0.15, -0.1) is 0 Å². The van der Waals surface area contributed by atoms with E-state index < -0.39 is 0 Å². The molecule has 2 fully saturated rings. The van der Waals surface area contributed by atoms with Gasteiger partial charge >= 0.3 is 0 Å². The van der Waals surface area contributed by atoms with Gasteiger partial charge in [0, 0.05) is 6.54 Å². The van der Waals surface area contributed by atoms with Gasteiger partial charge in [-0.1, -0.05) is 33.6 Å². The standard InChI is InChI=1S/C16H31NO/c1-15(2,3)14(18)6-11-17-12-9-16(10-13-17)7-4-5-8-16/h14,18H,4-13H2,1-3H3. The highest BCUT2D eigenvalue weighted by atomic mass is 16.3. The van der Waals surface area contributed by atoms with Crippen LogP contribution in [0.5, 0.6) is 0 Å². The molecule has 2 heteroatoms. The van der Waals surface area contributed by atoms with Crippen molar-refractivity contribution in [2.24, 2.45) is 10.8 Å². The minimum Gasteiger partial charge on any atom is -0.393 e. The number of nitrogens with zero attached hydrogens (tertiary/aromatic N) is 1. The van der Waals surface area contributed by atoms with Gasteiger partial charge in [-0.05, 0) is 56.0 Å². The second-order valence-electron chi connectivity index (χ2n) is 7.72. The molecule has 1 unspecified atom stereocenters. The molecule has 0 aromatic rings. The molecular formula is C16H31NO. The maximum atomic E-state index is 10.1. The Morgan fingerprint density at radius 2 is 1.61 bits per heavy atom. The van der Waals surface area contributed by atoms with Crippen molar-refractivity contribution >= 4 is 0 Å². The fourth-order valence-corrected chi connectivity index (χ4v) is 3.61. The van der Waals surface area contributed by atoms with E-state index in [2.05, 4.69) is 25.7 Å². The predicted octanol–water partition coefficient (Wildman–Crippen LogP) is 3.44. The van der Waals surface area contributed by atoms with Crippen molar-refractivity contribution in [1.82, 2.24) is 4.90 Å². The summed E-state index contributed by atoms with van der Waals surface area (Å²) in [5.41, 5.74) is 0.752. The summed E-state index contributed by atoms with van der Waals surface area (Å²) in [6.07, 6.45) is 9.44. The van der Waals surface area contributed by atoms with E-state index in [4.69, 9.17) is 0 Å². The smallest absolute Gasteiger partial charge is 0.0600 e. The first kappa shape index (κ1) is 14.3. The summed E-state index contributed by atoms with van der Waals surface area (Å²) in [7, 11) is 0. The van der Waals surface area contributed by atoms with Gasteiger partial charge in [0.15, 0.2) is 0 Å². The quantitative estimate of drug-likeness (QED) is 0.833. The molecule has 1 N–H and O–H groups in total. The molecule has 18 heavy (non-hydrogen) atoms. The highest BCUT2D eigenvalue weighted by Gasteiger charge is 2.36. The zero-order chi connectivity index (χ0) is 13.2. The Morgan fingerprint density at radius 3 is 2.11 bits per heavy atom. The number of aliphatic hydroxyl groups excluding tert-OH is 1. The van der Waals surface area contributed by atoms with Gasteiger partial charge in [0.1, 0.15) is 0 Å². The molecule has 0 radical (unpaired) electrons. The lowest BCUT2D eigenvalue weighted by atomic mass is 9.77. The molecule has 106 valence electrons. The summed E-state index contributed by atoms with van der Waals surface area (Å²) >= 11 is 0. The lowest BCUT2D eigenvalue weighted by Gasteiger charge is -2.40. The first-order valence-electron chi connectivity index (χ1n) is 7.82. The molecule has 2 rings (SSSR count). The molecule has 1 atom stereocenters. The molecule has 2 nitrogen and oxygen atoms in total. The first-order valence-corrected chi connectivity index (χ1v) is 7.82. The van der Waals surface area contributed by atoms with Gasteiger partial charge < -0.3 is 10.0 Å². The van der Waals surface area contributed by atoms with Crippen LogP contribution in [0.15, 0.2) is 0 Å². The van der Waals surface area contributed by atoms with Crippen molar-refractivity contribution in [1.29, 1.82) is 0 Å². The molecular weight excluding hydrogens is 222 g/mol. The monoisotopic (exact) mass is 253 g/mol. The van der Waals surface area contributed by atoms with E-state index >= 15 is 0 Å². The van der Waals surface area contributed by atoms with Crippen molar-refractivity contribution in [3.8, 4) is 0 Å². The molecule has 0 amide bonds. The summed E-state index contributed by atoms with van der Waals surface area (Å²) in [5, 5.41) is 10.1. The number of likely N-dealkylation sites (tertiary alicyclic amines) is 1. The van der Waals surface area contributed by atoms with E-state index in [1.54, 1.807) is 0 Å². The van der Waals surface area contributed by atoms with E-state index in [0.717, 1.165) is 18.4 Å². The lowest BCUT2D eigenvalue weighted by Crippen LogP contribution is -2.41. The van der Waals surface area contributed by atoms with Crippen LogP contribution in [0.1, 0.15) is 65.7 Å². The Bertz CT molecular complexity index is 253. The average Bonchev–Trinajstić information content (AvgIpc) is 2.75. The van der Waals surface area contributed by atoms with E-state index in [0.29, 0.717) is 0 Å². The van der Waals surface area contributed by atoms with Crippen molar-refractivity contribution in [2.75, 3.05) is 19.6 Å². The van der Waals surface area contributed by atoms with Crippen LogP contribution in [0.3, 0.4) is 0 Å². The highest BCUT2D eigenvalue weighted by molar-refractivity contribution is 4.89. The van der Waals surface area contributed by atoms with Gasteiger partial charge in [-0.25, -0.2) is 0 Å². The van der Waals surface area contributed by atoms with Gasteiger partial charge in [-0.3, -0.25) is 0 Å². The predicted molar refractivity (Wildman–Crippen MR) is 76.7 cm³/mol. The summed E-state index contributed by atoms with van der Waals surface area (Å²) in [6, 6.07) is 0. The van der Waals surface area contributed by atoms with Gasteiger partial charge in [0.25, 0.3) is 0 Å². The Morgan fingerprint density at radius 1 is 1.06 bits per heavy atom. The minimum absolute atomic E-state index is 0.0302. The SMILES string of the molecule is CC(C)(C)C(O)CCN1CCC2(CCCC2)CC1. The van der Waals surface area contributed by atoms with E-state index in [-0.39, 0.29) is 11.5 Å². The van der Waals surface area contributed by atoms with Gasteiger partial charge in [0.2, 0.25) is 0 Å². The molecule has 1 aliphatic heterocycles. The fourth-order valence-electron chi connectivity index (χ4n) is 3.61. The minimum atomic E-state index is -0.167. The molecule has 1 aliphatic carbocycles. The van der Waals surface area contributed by atoms with Crippen LogP contribution in [0.25, 0.3) is 0 Å². The largest absolute Gasteiger partial charge is 0.393 e. The van der Waals surface area contributed by atoms with E-state index in [1.807, 2.05) is 0 Å². The zero-order valence-corrected chi connectivity index (χ0v) is 12.5. The lowest BCUT2D eigenvalue weighted by molar-refractivity contribution is 0.0350. The number of rotatable bonds is 3. The third-order valence-electron chi connectivity index (χ3n) is 5.30. The van der Waals surface area contributed by atoms with Crippen molar-refractivity contribution in [3.63, 3.8) is 0 Å². The Balaban J connectivity index is 1.71.